The third-order valence-corrected chi connectivity index (χ3v) is 6.03. The molecule has 0 unspecified atom stereocenters. The first kappa shape index (κ1) is 22.0. The Balaban J connectivity index is 1.72. The van der Waals surface area contributed by atoms with Crippen LogP contribution in [0.1, 0.15) is 23.1 Å². The van der Waals surface area contributed by atoms with Gasteiger partial charge in [0.15, 0.2) is 0 Å². The summed E-state index contributed by atoms with van der Waals surface area (Å²) < 4.78 is 17.9. The molecule has 0 aromatic heterocycles. The molecule has 1 aliphatic heterocycles. The van der Waals surface area contributed by atoms with Crippen molar-refractivity contribution in [3.05, 3.63) is 120 Å². The van der Waals surface area contributed by atoms with E-state index in [0.29, 0.717) is 13.0 Å². The van der Waals surface area contributed by atoms with Gasteiger partial charge in [-0.05, 0) is 23.1 Å². The minimum Gasteiger partial charge on any atom is -0.469 e. The summed E-state index contributed by atoms with van der Waals surface area (Å²) in [7, 11) is 1.40. The van der Waals surface area contributed by atoms with E-state index >= 15 is 0 Å². The number of hydrogen-bond acceptors (Lipinski definition) is 4. The highest BCUT2D eigenvalue weighted by atomic mass is 16.6. The van der Waals surface area contributed by atoms with Gasteiger partial charge < -0.3 is 14.2 Å². The van der Waals surface area contributed by atoms with E-state index in [1.807, 2.05) is 54.6 Å². The molecule has 1 saturated heterocycles. The van der Waals surface area contributed by atoms with E-state index in [2.05, 4.69) is 43.0 Å². The molecule has 0 spiro atoms. The van der Waals surface area contributed by atoms with Crippen molar-refractivity contribution in [3.8, 4) is 0 Å². The number of esters is 1. The van der Waals surface area contributed by atoms with Gasteiger partial charge >= 0.3 is 5.97 Å². The van der Waals surface area contributed by atoms with Gasteiger partial charge in [-0.25, -0.2) is 0 Å². The zero-order valence-corrected chi connectivity index (χ0v) is 18.2. The Morgan fingerprint density at radius 2 is 1.41 bits per heavy atom. The Morgan fingerprint density at radius 3 is 1.81 bits per heavy atom. The van der Waals surface area contributed by atoms with E-state index in [1.165, 1.54) is 7.11 Å². The van der Waals surface area contributed by atoms with E-state index < -0.39 is 5.60 Å². The Bertz CT molecular complexity index is 920. The van der Waals surface area contributed by atoms with Crippen LogP contribution in [-0.2, 0) is 24.6 Å². The predicted octanol–water partition coefficient (Wildman–Crippen LogP) is 5.13. The normalized spacial score (nSPS) is 20.6. The van der Waals surface area contributed by atoms with Crippen LogP contribution >= 0.6 is 0 Å². The summed E-state index contributed by atoms with van der Waals surface area (Å²) in [6.07, 6.45) is 1.56. The second-order valence-electron chi connectivity index (χ2n) is 7.91. The van der Waals surface area contributed by atoms with Gasteiger partial charge in [0, 0.05) is 0 Å². The molecule has 0 N–H and O–H groups in total. The van der Waals surface area contributed by atoms with Crippen molar-refractivity contribution in [2.24, 2.45) is 5.92 Å². The number of methoxy groups -OCH3 is 1. The van der Waals surface area contributed by atoms with Crippen molar-refractivity contribution in [1.82, 2.24) is 0 Å². The van der Waals surface area contributed by atoms with Gasteiger partial charge in [-0.2, -0.15) is 0 Å². The summed E-state index contributed by atoms with van der Waals surface area (Å²) in [4.78, 5) is 12.2. The minimum absolute atomic E-state index is 0.252. The maximum Gasteiger partial charge on any atom is 0.311 e. The van der Waals surface area contributed by atoms with Crippen LogP contribution in [0.5, 0.6) is 0 Å². The molecule has 4 heteroatoms. The summed E-state index contributed by atoms with van der Waals surface area (Å²) in [5, 5.41) is 0. The summed E-state index contributed by atoms with van der Waals surface area (Å²) in [5.74, 6) is -0.650. The Morgan fingerprint density at radius 1 is 0.938 bits per heavy atom. The van der Waals surface area contributed by atoms with Gasteiger partial charge in [-0.1, -0.05) is 97.1 Å². The van der Waals surface area contributed by atoms with Crippen LogP contribution < -0.4 is 0 Å². The van der Waals surface area contributed by atoms with Crippen LogP contribution in [0.15, 0.2) is 104 Å². The molecule has 1 aliphatic rings. The first-order chi connectivity index (χ1) is 15.7. The molecule has 1 heterocycles. The van der Waals surface area contributed by atoms with Crippen molar-refractivity contribution in [1.29, 1.82) is 0 Å². The standard InChI is InChI=1S/C28H28O4/c1-3-26-25(27(29)30-2)19-24(32-26)20-31-28(21-13-7-4-8-14-21,22-15-9-5-10-16-22)23-17-11-6-12-18-23/h3-18,24-26H,1,19-20H2,2H3/t24-,25-,26-/m1/s1. The van der Waals surface area contributed by atoms with E-state index in [9.17, 15) is 4.79 Å². The molecule has 0 radical (unpaired) electrons. The quantitative estimate of drug-likeness (QED) is 0.284. The smallest absolute Gasteiger partial charge is 0.311 e. The fourth-order valence-corrected chi connectivity index (χ4v) is 4.49. The van der Waals surface area contributed by atoms with E-state index in [0.717, 1.165) is 16.7 Å². The molecule has 3 aromatic carbocycles. The van der Waals surface area contributed by atoms with Crippen molar-refractivity contribution in [3.63, 3.8) is 0 Å². The predicted molar refractivity (Wildman–Crippen MR) is 124 cm³/mol. The summed E-state index contributed by atoms with van der Waals surface area (Å²) in [6.45, 7) is 4.14. The highest BCUT2D eigenvalue weighted by Gasteiger charge is 2.42. The second kappa shape index (κ2) is 9.94. The third-order valence-electron chi connectivity index (χ3n) is 6.03. The largest absolute Gasteiger partial charge is 0.469 e. The molecule has 4 rings (SSSR count). The molecule has 164 valence electrons. The van der Waals surface area contributed by atoms with Crippen molar-refractivity contribution in [2.75, 3.05) is 13.7 Å². The first-order valence-corrected chi connectivity index (χ1v) is 10.9. The van der Waals surface area contributed by atoms with Gasteiger partial charge in [0.1, 0.15) is 5.60 Å². The van der Waals surface area contributed by atoms with Crippen LogP contribution in [0.4, 0.5) is 0 Å². The maximum atomic E-state index is 12.2. The SMILES string of the molecule is C=C[C@H]1O[C@@H](COC(c2ccccc2)(c2ccccc2)c2ccccc2)C[C@H]1C(=O)OC. The third kappa shape index (κ3) is 4.24. The van der Waals surface area contributed by atoms with Crippen molar-refractivity contribution >= 4 is 5.97 Å². The lowest BCUT2D eigenvalue weighted by molar-refractivity contribution is -0.146. The fraction of sp³-hybridized carbons (Fsp3) is 0.250. The zero-order valence-electron chi connectivity index (χ0n) is 18.2. The monoisotopic (exact) mass is 428 g/mol. The number of hydrogen-bond donors (Lipinski definition) is 0. The van der Waals surface area contributed by atoms with Crippen molar-refractivity contribution in [2.45, 2.75) is 24.2 Å². The molecule has 3 aromatic rings. The first-order valence-electron chi connectivity index (χ1n) is 10.9. The summed E-state index contributed by atoms with van der Waals surface area (Å²) >= 11 is 0. The number of benzene rings is 3. The molecular formula is C28H28O4. The lowest BCUT2D eigenvalue weighted by Gasteiger charge is -2.36. The van der Waals surface area contributed by atoms with Crippen LogP contribution in [0, 0.1) is 5.92 Å². The summed E-state index contributed by atoms with van der Waals surface area (Å²) in [5.41, 5.74) is 2.26. The average Bonchev–Trinajstić information content (AvgIpc) is 3.29. The van der Waals surface area contributed by atoms with Gasteiger partial charge in [0.25, 0.3) is 0 Å². The highest BCUT2D eigenvalue weighted by Crippen LogP contribution is 2.41. The zero-order chi connectivity index (χ0) is 22.4. The lowest BCUT2D eigenvalue weighted by Crippen LogP contribution is -2.35. The lowest BCUT2D eigenvalue weighted by atomic mass is 9.80. The highest BCUT2D eigenvalue weighted by molar-refractivity contribution is 5.73. The van der Waals surface area contributed by atoms with Crippen LogP contribution in [0.25, 0.3) is 0 Å². The Labute approximate surface area is 189 Å². The topological polar surface area (TPSA) is 44.8 Å². The number of carbonyl (C=O) groups is 1. The minimum atomic E-state index is -0.819. The molecule has 3 atom stereocenters. The maximum absolute atomic E-state index is 12.2. The van der Waals surface area contributed by atoms with E-state index in [-0.39, 0.29) is 24.1 Å². The number of carbonyl (C=O) groups excluding carboxylic acids is 1. The summed E-state index contributed by atoms with van der Waals surface area (Å²) in [6, 6.07) is 30.6. The van der Waals surface area contributed by atoms with Crippen LogP contribution in [-0.4, -0.2) is 31.9 Å². The van der Waals surface area contributed by atoms with Gasteiger partial charge in [0.2, 0.25) is 0 Å². The van der Waals surface area contributed by atoms with Gasteiger partial charge in [-0.15, -0.1) is 6.58 Å². The van der Waals surface area contributed by atoms with Crippen molar-refractivity contribution < 1.29 is 19.0 Å². The van der Waals surface area contributed by atoms with E-state index in [4.69, 9.17) is 14.2 Å². The van der Waals surface area contributed by atoms with Gasteiger partial charge in [0.05, 0.1) is 31.8 Å². The number of rotatable bonds is 8. The molecule has 32 heavy (non-hydrogen) atoms. The molecule has 4 nitrogen and oxygen atoms in total. The average molecular weight is 429 g/mol. The number of ether oxygens (including phenoxy) is 3. The Hall–Kier alpha value is -3.21. The molecule has 0 aliphatic carbocycles. The van der Waals surface area contributed by atoms with Crippen LogP contribution in [0.3, 0.4) is 0 Å². The molecule has 0 saturated carbocycles. The molecule has 0 amide bonds. The Kier molecular flexibility index (Phi) is 6.84. The second-order valence-corrected chi connectivity index (χ2v) is 7.91. The fourth-order valence-electron chi connectivity index (χ4n) is 4.49. The van der Waals surface area contributed by atoms with E-state index in [1.54, 1.807) is 6.08 Å². The molecule has 1 fully saturated rings. The molecular weight excluding hydrogens is 400 g/mol. The van der Waals surface area contributed by atoms with Crippen LogP contribution in [0.2, 0.25) is 0 Å². The molecule has 0 bridgehead atoms. The van der Waals surface area contributed by atoms with Gasteiger partial charge in [-0.3, -0.25) is 4.79 Å².